The van der Waals surface area contributed by atoms with Crippen molar-refractivity contribution >= 4 is 0 Å². The number of nitrogens with one attached hydrogen (secondary N) is 1. The first-order valence-electron chi connectivity index (χ1n) is 5.03. The number of hydrogen-bond acceptors (Lipinski definition) is 5. The fourth-order valence-corrected chi connectivity index (χ4v) is 1.28. The summed E-state index contributed by atoms with van der Waals surface area (Å²) in [4.78, 5) is 22.1. The molecule has 17 heavy (non-hydrogen) atoms. The van der Waals surface area contributed by atoms with E-state index in [-0.39, 0.29) is 17.3 Å². The zero-order valence-electron chi connectivity index (χ0n) is 9.38. The van der Waals surface area contributed by atoms with Crippen molar-refractivity contribution in [3.05, 3.63) is 34.4 Å². The molecule has 0 bridgehead atoms. The summed E-state index contributed by atoms with van der Waals surface area (Å²) in [6.07, 6.45) is 1.35. The maximum atomic E-state index is 11.4. The molecule has 7 heteroatoms. The largest absolute Gasteiger partial charge is 0.310 e. The molecule has 0 spiro atoms. The minimum absolute atomic E-state index is 0.0400. The van der Waals surface area contributed by atoms with Gasteiger partial charge in [0.15, 0.2) is 5.82 Å². The van der Waals surface area contributed by atoms with Gasteiger partial charge >= 0.3 is 0 Å². The molecule has 0 fully saturated rings. The standard InChI is InChI=1S/C10H10N6O/c1-6(2)10-13-8(3-9(17)14-10)16-5-12-7(4-11)15-16/h3,5-6H,1-2H3,(H,13,14,17). The second kappa shape index (κ2) is 4.17. The molecule has 0 unspecified atom stereocenters. The van der Waals surface area contributed by atoms with Crippen LogP contribution in [0.1, 0.15) is 31.4 Å². The molecular formula is C10H10N6O. The number of hydrogen-bond donors (Lipinski definition) is 1. The van der Waals surface area contributed by atoms with Gasteiger partial charge in [-0.2, -0.15) is 5.26 Å². The molecule has 1 N–H and O–H groups in total. The van der Waals surface area contributed by atoms with Crippen molar-refractivity contribution in [1.29, 1.82) is 5.26 Å². The van der Waals surface area contributed by atoms with Crippen molar-refractivity contribution in [3.8, 4) is 11.9 Å². The molecule has 0 aliphatic carbocycles. The molecule has 7 nitrogen and oxygen atoms in total. The van der Waals surface area contributed by atoms with Crippen LogP contribution in [0.2, 0.25) is 0 Å². The molecule has 2 aromatic heterocycles. The van der Waals surface area contributed by atoms with Gasteiger partial charge in [0, 0.05) is 12.0 Å². The van der Waals surface area contributed by atoms with E-state index in [0.717, 1.165) is 0 Å². The summed E-state index contributed by atoms with van der Waals surface area (Å²) in [5, 5.41) is 12.5. The Bertz CT molecular complexity index is 633. The predicted molar refractivity (Wildman–Crippen MR) is 58.6 cm³/mol. The Balaban J connectivity index is 2.52. The molecule has 0 saturated heterocycles. The SMILES string of the molecule is CC(C)c1nc(-n2cnc(C#N)n2)cc(=O)[nH]1. The summed E-state index contributed by atoms with van der Waals surface area (Å²) in [5.74, 6) is 1.06. The Morgan fingerprint density at radius 2 is 2.29 bits per heavy atom. The Morgan fingerprint density at radius 3 is 2.88 bits per heavy atom. The molecule has 0 aromatic carbocycles. The van der Waals surface area contributed by atoms with Gasteiger partial charge in [0.25, 0.3) is 11.4 Å². The van der Waals surface area contributed by atoms with Gasteiger partial charge in [-0.1, -0.05) is 13.8 Å². The van der Waals surface area contributed by atoms with Crippen molar-refractivity contribution in [2.45, 2.75) is 19.8 Å². The highest BCUT2D eigenvalue weighted by atomic mass is 16.1. The van der Waals surface area contributed by atoms with Crippen LogP contribution < -0.4 is 5.56 Å². The van der Waals surface area contributed by atoms with Crippen molar-refractivity contribution in [1.82, 2.24) is 24.7 Å². The fraction of sp³-hybridized carbons (Fsp3) is 0.300. The number of aromatic nitrogens is 5. The topological polar surface area (TPSA) is 100 Å². The maximum absolute atomic E-state index is 11.4. The van der Waals surface area contributed by atoms with Gasteiger partial charge < -0.3 is 4.98 Å². The average molecular weight is 230 g/mol. The molecule has 0 amide bonds. The summed E-state index contributed by atoms with van der Waals surface area (Å²) in [6, 6.07) is 3.12. The van der Waals surface area contributed by atoms with Crippen molar-refractivity contribution in [3.63, 3.8) is 0 Å². The molecule has 0 atom stereocenters. The monoisotopic (exact) mass is 230 g/mol. The van der Waals surface area contributed by atoms with Gasteiger partial charge in [0.1, 0.15) is 18.2 Å². The zero-order chi connectivity index (χ0) is 12.4. The quantitative estimate of drug-likeness (QED) is 0.802. The minimum Gasteiger partial charge on any atom is -0.310 e. The first-order chi connectivity index (χ1) is 8.10. The summed E-state index contributed by atoms with van der Waals surface area (Å²) in [7, 11) is 0. The molecule has 0 aliphatic heterocycles. The van der Waals surface area contributed by atoms with Crippen LogP contribution in [-0.4, -0.2) is 24.7 Å². The van der Waals surface area contributed by atoms with E-state index < -0.39 is 0 Å². The Hall–Kier alpha value is -2.49. The first kappa shape index (κ1) is 11.0. The Kier molecular flexibility index (Phi) is 2.70. The summed E-state index contributed by atoms with van der Waals surface area (Å²) in [5.41, 5.74) is -0.257. The molecule has 2 rings (SSSR count). The molecule has 0 saturated carbocycles. The van der Waals surface area contributed by atoms with Gasteiger partial charge in [-0.25, -0.2) is 14.6 Å². The zero-order valence-corrected chi connectivity index (χ0v) is 9.38. The normalized spacial score (nSPS) is 10.5. The summed E-state index contributed by atoms with van der Waals surface area (Å²) in [6.45, 7) is 3.84. The number of aromatic amines is 1. The van der Waals surface area contributed by atoms with Crippen molar-refractivity contribution in [2.24, 2.45) is 0 Å². The third kappa shape index (κ3) is 2.20. The van der Waals surface area contributed by atoms with E-state index in [1.807, 2.05) is 19.9 Å². The van der Waals surface area contributed by atoms with Gasteiger partial charge in [0.2, 0.25) is 0 Å². The summed E-state index contributed by atoms with van der Waals surface area (Å²) < 4.78 is 1.31. The van der Waals surface area contributed by atoms with Crippen molar-refractivity contribution in [2.75, 3.05) is 0 Å². The molecule has 2 heterocycles. The lowest BCUT2D eigenvalue weighted by molar-refractivity contribution is 0.737. The van der Waals surface area contributed by atoms with E-state index in [1.54, 1.807) is 0 Å². The number of nitrogens with zero attached hydrogens (tertiary/aromatic N) is 5. The van der Waals surface area contributed by atoms with E-state index in [1.165, 1.54) is 17.1 Å². The molecule has 2 aromatic rings. The van der Waals surface area contributed by atoms with Gasteiger partial charge in [-0.15, -0.1) is 5.10 Å². The highest BCUT2D eigenvalue weighted by Crippen LogP contribution is 2.08. The van der Waals surface area contributed by atoms with Crippen LogP contribution in [0, 0.1) is 11.3 Å². The second-order valence-electron chi connectivity index (χ2n) is 3.77. The van der Waals surface area contributed by atoms with Gasteiger partial charge in [0.05, 0.1) is 0 Å². The van der Waals surface area contributed by atoms with Crippen LogP contribution in [0.15, 0.2) is 17.2 Å². The van der Waals surface area contributed by atoms with Crippen molar-refractivity contribution < 1.29 is 0 Å². The lowest BCUT2D eigenvalue weighted by Gasteiger charge is -2.05. The van der Waals surface area contributed by atoms with Crippen LogP contribution in [0.5, 0.6) is 0 Å². The van der Waals surface area contributed by atoms with E-state index in [2.05, 4.69) is 20.1 Å². The minimum atomic E-state index is -0.257. The van der Waals surface area contributed by atoms with E-state index in [4.69, 9.17) is 5.26 Å². The Labute approximate surface area is 96.8 Å². The van der Waals surface area contributed by atoms with E-state index in [9.17, 15) is 4.79 Å². The lowest BCUT2D eigenvalue weighted by Crippen LogP contribution is -2.15. The predicted octanol–water partition coefficient (Wildman–Crippen LogP) is 0.346. The molecular weight excluding hydrogens is 220 g/mol. The van der Waals surface area contributed by atoms with Gasteiger partial charge in [-0.3, -0.25) is 4.79 Å². The lowest BCUT2D eigenvalue weighted by atomic mass is 10.2. The molecule has 86 valence electrons. The van der Waals surface area contributed by atoms with Crippen LogP contribution >= 0.6 is 0 Å². The maximum Gasteiger partial charge on any atom is 0.253 e. The van der Waals surface area contributed by atoms with Gasteiger partial charge in [-0.05, 0) is 0 Å². The number of rotatable bonds is 2. The smallest absolute Gasteiger partial charge is 0.253 e. The number of H-pyrrole nitrogens is 1. The van der Waals surface area contributed by atoms with E-state index >= 15 is 0 Å². The molecule has 0 radical (unpaired) electrons. The van der Waals surface area contributed by atoms with E-state index in [0.29, 0.717) is 11.6 Å². The highest BCUT2D eigenvalue weighted by Gasteiger charge is 2.08. The summed E-state index contributed by atoms with van der Waals surface area (Å²) >= 11 is 0. The first-order valence-corrected chi connectivity index (χ1v) is 5.03. The highest BCUT2D eigenvalue weighted by molar-refractivity contribution is 5.21. The second-order valence-corrected chi connectivity index (χ2v) is 3.77. The third-order valence-corrected chi connectivity index (χ3v) is 2.12. The van der Waals surface area contributed by atoms with Crippen LogP contribution in [0.25, 0.3) is 5.82 Å². The average Bonchev–Trinajstić information content (AvgIpc) is 2.76. The van der Waals surface area contributed by atoms with Crippen LogP contribution in [0.3, 0.4) is 0 Å². The number of nitriles is 1. The van der Waals surface area contributed by atoms with Crippen LogP contribution in [-0.2, 0) is 0 Å². The Morgan fingerprint density at radius 1 is 1.53 bits per heavy atom. The third-order valence-electron chi connectivity index (χ3n) is 2.12. The fourth-order valence-electron chi connectivity index (χ4n) is 1.28. The molecule has 0 aliphatic rings. The van der Waals surface area contributed by atoms with Crippen LogP contribution in [0.4, 0.5) is 0 Å².